The lowest BCUT2D eigenvalue weighted by atomic mass is 10.1. The van der Waals surface area contributed by atoms with Gasteiger partial charge in [-0.15, -0.1) is 0 Å². The fourth-order valence-electron chi connectivity index (χ4n) is 1.87. The molecule has 94 valence electrons. The van der Waals surface area contributed by atoms with E-state index in [4.69, 9.17) is 4.74 Å². The maximum atomic E-state index is 9.36. The van der Waals surface area contributed by atoms with Gasteiger partial charge in [0.05, 0.1) is 6.61 Å². The summed E-state index contributed by atoms with van der Waals surface area (Å²) < 4.78 is 5.91. The van der Waals surface area contributed by atoms with Crippen molar-refractivity contribution in [3.05, 3.63) is 58.7 Å². The molecular formula is C16H18O2. The van der Waals surface area contributed by atoms with E-state index < -0.39 is 0 Å². The number of benzene rings is 2. The Labute approximate surface area is 108 Å². The highest BCUT2D eigenvalue weighted by Crippen LogP contribution is 2.29. The normalized spacial score (nSPS) is 10.4. The minimum Gasteiger partial charge on any atom is -0.457 e. The summed E-state index contributed by atoms with van der Waals surface area (Å²) in [6.45, 7) is 6.04. The zero-order valence-electron chi connectivity index (χ0n) is 11.0. The SMILES string of the molecule is Cc1ccc(Oc2cc(C)ccc2C)c(CO)c1. The first kappa shape index (κ1) is 12.7. The molecule has 0 bridgehead atoms. The van der Waals surface area contributed by atoms with Crippen LogP contribution in [0, 0.1) is 20.8 Å². The zero-order valence-corrected chi connectivity index (χ0v) is 11.0. The van der Waals surface area contributed by atoms with Gasteiger partial charge in [-0.2, -0.15) is 0 Å². The Morgan fingerprint density at radius 2 is 1.56 bits per heavy atom. The summed E-state index contributed by atoms with van der Waals surface area (Å²) in [6, 6.07) is 11.9. The molecule has 0 saturated heterocycles. The van der Waals surface area contributed by atoms with Gasteiger partial charge in [-0.25, -0.2) is 0 Å². The van der Waals surface area contributed by atoms with Crippen LogP contribution in [0.4, 0.5) is 0 Å². The largest absolute Gasteiger partial charge is 0.457 e. The molecule has 0 saturated carbocycles. The Morgan fingerprint density at radius 1 is 0.889 bits per heavy atom. The summed E-state index contributed by atoms with van der Waals surface area (Å²) in [4.78, 5) is 0. The molecule has 1 N–H and O–H groups in total. The van der Waals surface area contributed by atoms with Crippen molar-refractivity contribution in [2.75, 3.05) is 0 Å². The van der Waals surface area contributed by atoms with Crippen LogP contribution in [0.1, 0.15) is 22.3 Å². The fraction of sp³-hybridized carbons (Fsp3) is 0.250. The van der Waals surface area contributed by atoms with Crippen molar-refractivity contribution >= 4 is 0 Å². The van der Waals surface area contributed by atoms with Gasteiger partial charge >= 0.3 is 0 Å². The molecular weight excluding hydrogens is 224 g/mol. The van der Waals surface area contributed by atoms with E-state index >= 15 is 0 Å². The van der Waals surface area contributed by atoms with E-state index in [0.717, 1.165) is 33.8 Å². The minimum atomic E-state index is -0.0120. The maximum Gasteiger partial charge on any atom is 0.132 e. The summed E-state index contributed by atoms with van der Waals surface area (Å²) in [5, 5.41) is 9.36. The molecule has 2 nitrogen and oxygen atoms in total. The van der Waals surface area contributed by atoms with Crippen LogP contribution in [0.3, 0.4) is 0 Å². The molecule has 2 aromatic rings. The molecule has 0 amide bonds. The summed E-state index contributed by atoms with van der Waals surface area (Å²) in [5.41, 5.74) is 4.18. The van der Waals surface area contributed by atoms with Crippen molar-refractivity contribution in [1.29, 1.82) is 0 Å². The van der Waals surface area contributed by atoms with Crippen molar-refractivity contribution in [3.8, 4) is 11.5 Å². The smallest absolute Gasteiger partial charge is 0.132 e. The Morgan fingerprint density at radius 3 is 2.28 bits per heavy atom. The van der Waals surface area contributed by atoms with Crippen LogP contribution in [0.2, 0.25) is 0 Å². The Balaban J connectivity index is 2.36. The van der Waals surface area contributed by atoms with Crippen LogP contribution >= 0.6 is 0 Å². The summed E-state index contributed by atoms with van der Waals surface area (Å²) in [5.74, 6) is 1.56. The average Bonchev–Trinajstić information content (AvgIpc) is 2.36. The van der Waals surface area contributed by atoms with Crippen molar-refractivity contribution in [2.45, 2.75) is 27.4 Å². The lowest BCUT2D eigenvalue weighted by molar-refractivity contribution is 0.276. The molecule has 0 aliphatic rings. The molecule has 0 radical (unpaired) electrons. The zero-order chi connectivity index (χ0) is 13.1. The van der Waals surface area contributed by atoms with E-state index in [2.05, 4.69) is 6.07 Å². The van der Waals surface area contributed by atoms with Gasteiger partial charge in [0.2, 0.25) is 0 Å². The van der Waals surface area contributed by atoms with E-state index in [1.54, 1.807) is 0 Å². The molecule has 0 heterocycles. The number of hydrogen-bond donors (Lipinski definition) is 1. The van der Waals surface area contributed by atoms with Gasteiger partial charge in [0.25, 0.3) is 0 Å². The summed E-state index contributed by atoms with van der Waals surface area (Å²) in [7, 11) is 0. The second-order valence-corrected chi connectivity index (χ2v) is 4.64. The van der Waals surface area contributed by atoms with Crippen molar-refractivity contribution in [2.24, 2.45) is 0 Å². The second-order valence-electron chi connectivity index (χ2n) is 4.64. The first-order valence-electron chi connectivity index (χ1n) is 6.05. The Hall–Kier alpha value is -1.80. The molecule has 2 heteroatoms. The van der Waals surface area contributed by atoms with Gasteiger partial charge in [-0.1, -0.05) is 29.8 Å². The number of rotatable bonds is 3. The lowest BCUT2D eigenvalue weighted by Gasteiger charge is -2.13. The predicted molar refractivity (Wildman–Crippen MR) is 73.1 cm³/mol. The number of aliphatic hydroxyl groups excluding tert-OH is 1. The van der Waals surface area contributed by atoms with Crippen LogP contribution in [0.15, 0.2) is 36.4 Å². The third-order valence-corrected chi connectivity index (χ3v) is 2.95. The number of hydrogen-bond acceptors (Lipinski definition) is 2. The van der Waals surface area contributed by atoms with Gasteiger partial charge < -0.3 is 9.84 Å². The number of ether oxygens (including phenoxy) is 1. The van der Waals surface area contributed by atoms with E-state index in [1.807, 2.05) is 51.1 Å². The minimum absolute atomic E-state index is 0.0120. The lowest BCUT2D eigenvalue weighted by Crippen LogP contribution is -1.94. The molecule has 2 aromatic carbocycles. The molecule has 0 atom stereocenters. The van der Waals surface area contributed by atoms with Crippen LogP contribution in [0.25, 0.3) is 0 Å². The Kier molecular flexibility index (Phi) is 3.68. The first-order valence-corrected chi connectivity index (χ1v) is 6.05. The fourth-order valence-corrected chi connectivity index (χ4v) is 1.87. The molecule has 0 unspecified atom stereocenters. The van der Waals surface area contributed by atoms with Gasteiger partial charge in [0.15, 0.2) is 0 Å². The highest BCUT2D eigenvalue weighted by molar-refractivity contribution is 5.43. The van der Waals surface area contributed by atoms with E-state index in [-0.39, 0.29) is 6.61 Å². The summed E-state index contributed by atoms with van der Waals surface area (Å²) >= 11 is 0. The van der Waals surface area contributed by atoms with Crippen molar-refractivity contribution < 1.29 is 9.84 Å². The summed E-state index contributed by atoms with van der Waals surface area (Å²) in [6.07, 6.45) is 0. The highest BCUT2D eigenvalue weighted by Gasteiger charge is 2.06. The quantitative estimate of drug-likeness (QED) is 0.884. The van der Waals surface area contributed by atoms with E-state index in [0.29, 0.717) is 0 Å². The third-order valence-electron chi connectivity index (χ3n) is 2.95. The average molecular weight is 242 g/mol. The molecule has 0 aliphatic carbocycles. The van der Waals surface area contributed by atoms with E-state index in [9.17, 15) is 5.11 Å². The molecule has 0 spiro atoms. The van der Waals surface area contributed by atoms with Gasteiger partial charge in [0.1, 0.15) is 11.5 Å². The molecule has 18 heavy (non-hydrogen) atoms. The predicted octanol–water partition coefficient (Wildman–Crippen LogP) is 3.90. The molecule has 2 rings (SSSR count). The van der Waals surface area contributed by atoms with Gasteiger partial charge in [-0.3, -0.25) is 0 Å². The number of aryl methyl sites for hydroxylation is 3. The van der Waals surface area contributed by atoms with Crippen LogP contribution < -0.4 is 4.74 Å². The third kappa shape index (κ3) is 2.71. The molecule has 0 aromatic heterocycles. The Bertz CT molecular complexity index is 559. The van der Waals surface area contributed by atoms with Crippen LogP contribution in [-0.2, 0) is 6.61 Å². The first-order chi connectivity index (χ1) is 8.60. The van der Waals surface area contributed by atoms with Crippen LogP contribution in [-0.4, -0.2) is 5.11 Å². The van der Waals surface area contributed by atoms with E-state index in [1.165, 1.54) is 0 Å². The standard InChI is InChI=1S/C16H18O2/c1-11-5-7-15(14(8-11)10-17)18-16-9-12(2)4-6-13(16)3/h4-9,17H,10H2,1-3H3. The molecule has 0 aliphatic heterocycles. The van der Waals surface area contributed by atoms with Gasteiger partial charge in [-0.05, 0) is 44.0 Å². The van der Waals surface area contributed by atoms with Crippen LogP contribution in [0.5, 0.6) is 11.5 Å². The topological polar surface area (TPSA) is 29.5 Å². The second kappa shape index (κ2) is 5.23. The maximum absolute atomic E-state index is 9.36. The molecule has 0 fully saturated rings. The van der Waals surface area contributed by atoms with Crippen molar-refractivity contribution in [1.82, 2.24) is 0 Å². The monoisotopic (exact) mass is 242 g/mol. The number of aliphatic hydroxyl groups is 1. The highest BCUT2D eigenvalue weighted by atomic mass is 16.5. The van der Waals surface area contributed by atoms with Gasteiger partial charge in [0, 0.05) is 5.56 Å². The van der Waals surface area contributed by atoms with Crippen molar-refractivity contribution in [3.63, 3.8) is 0 Å².